The fourth-order valence-electron chi connectivity index (χ4n) is 1.56. The molecule has 0 aliphatic rings. The molecule has 0 radical (unpaired) electrons. The number of hydrogen-bond donors (Lipinski definition) is 4. The van der Waals surface area contributed by atoms with Crippen molar-refractivity contribution in [3.8, 4) is 0 Å². The molecule has 0 spiro atoms. The lowest BCUT2D eigenvalue weighted by Crippen LogP contribution is -2.24. The first-order valence-electron chi connectivity index (χ1n) is 5.25. The van der Waals surface area contributed by atoms with Crippen LogP contribution in [0.4, 0.5) is 0 Å². The van der Waals surface area contributed by atoms with Gasteiger partial charge < -0.3 is 19.6 Å². The first-order valence-corrected chi connectivity index (χ1v) is 9.11. The van der Waals surface area contributed by atoms with Crippen LogP contribution in [0.5, 0.6) is 0 Å². The molecule has 114 valence electrons. The number of nitrogens with zero attached hydrogens (tertiary/aromatic N) is 2. The summed E-state index contributed by atoms with van der Waals surface area (Å²) in [4.78, 5) is 51.4. The zero-order valence-corrected chi connectivity index (χ0v) is 12.8. The third-order valence-electron chi connectivity index (χ3n) is 2.54. The van der Waals surface area contributed by atoms with Crippen molar-refractivity contribution in [2.45, 2.75) is 12.1 Å². The molecule has 1 heterocycles. The minimum atomic E-state index is -4.77. The zero-order valence-electron chi connectivity index (χ0n) is 10.2. The Labute approximate surface area is 118 Å². The van der Waals surface area contributed by atoms with Gasteiger partial charge in [0.1, 0.15) is 16.6 Å². The highest BCUT2D eigenvalue weighted by Crippen LogP contribution is 2.54. The molecule has 0 amide bonds. The molecule has 1 rings (SSSR count). The number of halogens is 1. The van der Waals surface area contributed by atoms with Gasteiger partial charge in [-0.25, -0.2) is 4.98 Å². The topological polar surface area (TPSA) is 150 Å². The molecule has 1 unspecified atom stereocenters. The van der Waals surface area contributed by atoms with Gasteiger partial charge in [-0.3, -0.25) is 18.5 Å². The van der Waals surface area contributed by atoms with E-state index in [1.807, 2.05) is 0 Å². The van der Waals surface area contributed by atoms with E-state index in [9.17, 15) is 23.7 Å². The van der Waals surface area contributed by atoms with Crippen molar-refractivity contribution >= 4 is 26.8 Å². The standard InChI is InChI=1S/C8H13ClN2O7P2/c1-11-7(12)4-6(9)10-8(11)5(20(16,17)18)2-3-19(13,14)15/h4-5H,2-3H2,1H3,(H2,13,14,15)(H2,16,17,18). The summed E-state index contributed by atoms with van der Waals surface area (Å²) in [5, 5.41) is -0.252. The van der Waals surface area contributed by atoms with Gasteiger partial charge in [0.25, 0.3) is 5.56 Å². The van der Waals surface area contributed by atoms with Gasteiger partial charge in [-0.2, -0.15) is 0 Å². The maximum Gasteiger partial charge on any atom is 0.336 e. The molecule has 0 bridgehead atoms. The summed E-state index contributed by atoms with van der Waals surface area (Å²) < 4.78 is 23.2. The maximum atomic E-state index is 11.5. The van der Waals surface area contributed by atoms with Crippen molar-refractivity contribution < 1.29 is 28.7 Å². The van der Waals surface area contributed by atoms with E-state index in [0.29, 0.717) is 0 Å². The lowest BCUT2D eigenvalue weighted by molar-refractivity contribution is 0.348. The van der Waals surface area contributed by atoms with Gasteiger partial charge in [0, 0.05) is 13.1 Å². The van der Waals surface area contributed by atoms with Gasteiger partial charge in [-0.05, 0) is 6.42 Å². The maximum absolute atomic E-state index is 11.5. The van der Waals surface area contributed by atoms with E-state index in [0.717, 1.165) is 10.6 Å². The van der Waals surface area contributed by atoms with Gasteiger partial charge in [0.05, 0.1) is 6.16 Å². The zero-order chi connectivity index (χ0) is 15.7. The minimum absolute atomic E-state index is 0.252. The smallest absolute Gasteiger partial charge is 0.324 e. The Balaban J connectivity index is 3.29. The quantitative estimate of drug-likeness (QED) is 0.437. The van der Waals surface area contributed by atoms with Crippen LogP contribution in [-0.4, -0.2) is 35.3 Å². The van der Waals surface area contributed by atoms with E-state index in [1.54, 1.807) is 0 Å². The highest BCUT2D eigenvalue weighted by molar-refractivity contribution is 7.53. The first kappa shape index (κ1) is 17.5. The second-order valence-corrected chi connectivity index (χ2v) is 8.08. The fourth-order valence-corrected chi connectivity index (χ4v) is 3.54. The highest BCUT2D eigenvalue weighted by Gasteiger charge is 2.35. The van der Waals surface area contributed by atoms with E-state index in [1.165, 1.54) is 7.05 Å². The molecule has 1 aromatic rings. The molecular formula is C8H13ClN2O7P2. The van der Waals surface area contributed by atoms with Gasteiger partial charge in [0.2, 0.25) is 0 Å². The Hall–Kier alpha value is -0.530. The normalized spacial score (nSPS) is 14.3. The summed E-state index contributed by atoms with van der Waals surface area (Å²) in [5.41, 5.74) is -2.25. The third kappa shape index (κ3) is 4.79. The molecule has 1 atom stereocenters. The summed E-state index contributed by atoms with van der Waals surface area (Å²) in [7, 11) is -7.98. The van der Waals surface area contributed by atoms with Crippen molar-refractivity contribution in [3.63, 3.8) is 0 Å². The lowest BCUT2D eigenvalue weighted by atomic mass is 10.3. The Kier molecular flexibility index (Phi) is 5.32. The lowest BCUT2D eigenvalue weighted by Gasteiger charge is -2.20. The van der Waals surface area contributed by atoms with Crippen molar-refractivity contribution in [2.75, 3.05) is 6.16 Å². The largest absolute Gasteiger partial charge is 0.336 e. The second kappa shape index (κ2) is 6.07. The molecule has 0 aliphatic carbocycles. The summed E-state index contributed by atoms with van der Waals surface area (Å²) in [5.74, 6) is -0.315. The van der Waals surface area contributed by atoms with E-state index in [-0.39, 0.29) is 11.0 Å². The molecule has 0 aliphatic heterocycles. The molecule has 0 aromatic carbocycles. The van der Waals surface area contributed by atoms with Crippen LogP contribution in [0.15, 0.2) is 10.9 Å². The molecule has 4 N–H and O–H groups in total. The van der Waals surface area contributed by atoms with Crippen LogP contribution in [-0.2, 0) is 16.2 Å². The van der Waals surface area contributed by atoms with Crippen molar-refractivity contribution in [2.24, 2.45) is 7.05 Å². The first-order chi connectivity index (χ1) is 8.92. The monoisotopic (exact) mass is 346 g/mol. The van der Waals surface area contributed by atoms with E-state index in [2.05, 4.69) is 4.98 Å². The van der Waals surface area contributed by atoms with E-state index >= 15 is 0 Å². The Bertz CT molecular complexity index is 649. The highest BCUT2D eigenvalue weighted by atomic mass is 35.5. The Morgan fingerprint density at radius 1 is 1.35 bits per heavy atom. The van der Waals surface area contributed by atoms with Gasteiger partial charge in [0.15, 0.2) is 0 Å². The van der Waals surface area contributed by atoms with E-state index in [4.69, 9.17) is 21.4 Å². The van der Waals surface area contributed by atoms with Gasteiger partial charge in [-0.1, -0.05) is 11.6 Å². The average molecular weight is 347 g/mol. The summed E-state index contributed by atoms with van der Waals surface area (Å²) in [6.45, 7) is 0. The van der Waals surface area contributed by atoms with Crippen LogP contribution in [0.2, 0.25) is 5.15 Å². The molecule has 12 heteroatoms. The summed E-state index contributed by atoms with van der Waals surface area (Å²) in [6, 6.07) is 0.963. The Morgan fingerprint density at radius 3 is 2.35 bits per heavy atom. The van der Waals surface area contributed by atoms with Crippen molar-refractivity contribution in [3.05, 3.63) is 27.4 Å². The van der Waals surface area contributed by atoms with Crippen LogP contribution < -0.4 is 5.56 Å². The predicted octanol–water partition coefficient (Wildman–Crippen LogP) is 0.220. The predicted molar refractivity (Wildman–Crippen MR) is 70.8 cm³/mol. The van der Waals surface area contributed by atoms with Crippen LogP contribution in [0.25, 0.3) is 0 Å². The minimum Gasteiger partial charge on any atom is -0.324 e. The molecule has 0 saturated heterocycles. The number of hydrogen-bond acceptors (Lipinski definition) is 4. The van der Waals surface area contributed by atoms with Crippen LogP contribution >= 0.6 is 26.8 Å². The second-order valence-electron chi connectivity index (χ2n) is 4.12. The molecule has 1 aromatic heterocycles. The molecule has 0 fully saturated rings. The third-order valence-corrected chi connectivity index (χ3v) is 4.87. The molecular weight excluding hydrogens is 333 g/mol. The van der Waals surface area contributed by atoms with Crippen LogP contribution in [0.3, 0.4) is 0 Å². The SMILES string of the molecule is Cn1c(C(CCP(=O)(O)O)P(=O)(O)O)nc(Cl)cc1=O. The van der Waals surface area contributed by atoms with E-state index < -0.39 is 39.0 Å². The van der Waals surface area contributed by atoms with Gasteiger partial charge >= 0.3 is 15.2 Å². The van der Waals surface area contributed by atoms with Gasteiger partial charge in [-0.15, -0.1) is 0 Å². The van der Waals surface area contributed by atoms with Crippen LogP contribution in [0.1, 0.15) is 17.9 Å². The molecule has 0 saturated carbocycles. The van der Waals surface area contributed by atoms with Crippen molar-refractivity contribution in [1.29, 1.82) is 0 Å². The molecule has 20 heavy (non-hydrogen) atoms. The fraction of sp³-hybridized carbons (Fsp3) is 0.500. The molecule has 9 nitrogen and oxygen atoms in total. The summed E-state index contributed by atoms with van der Waals surface area (Å²) >= 11 is 5.58. The number of rotatable bonds is 5. The van der Waals surface area contributed by atoms with Crippen molar-refractivity contribution in [1.82, 2.24) is 9.55 Å². The average Bonchev–Trinajstić information content (AvgIpc) is 2.21. The van der Waals surface area contributed by atoms with Crippen LogP contribution in [0, 0.1) is 0 Å². The Morgan fingerprint density at radius 2 is 1.90 bits per heavy atom. The number of aromatic nitrogens is 2. The summed E-state index contributed by atoms with van der Waals surface area (Å²) in [6.07, 6.45) is -1.28.